The molecule has 0 aromatic heterocycles. The number of aliphatic hydroxyl groups is 2. The van der Waals surface area contributed by atoms with Gasteiger partial charge in [-0.3, -0.25) is 4.90 Å². The van der Waals surface area contributed by atoms with Crippen LogP contribution in [0.2, 0.25) is 0 Å². The van der Waals surface area contributed by atoms with E-state index >= 15 is 0 Å². The predicted molar refractivity (Wildman–Crippen MR) is 77.1 cm³/mol. The highest BCUT2D eigenvalue weighted by Crippen LogP contribution is 2.26. The molecule has 1 aliphatic carbocycles. The van der Waals surface area contributed by atoms with Gasteiger partial charge < -0.3 is 15.5 Å². The molecule has 3 atom stereocenters. The van der Waals surface area contributed by atoms with Gasteiger partial charge in [-0.15, -0.1) is 0 Å². The zero-order valence-electron chi connectivity index (χ0n) is 12.2. The quantitative estimate of drug-likeness (QED) is 0.641. The zero-order valence-corrected chi connectivity index (χ0v) is 12.2. The molecule has 1 saturated carbocycles. The van der Waals surface area contributed by atoms with Crippen LogP contribution in [0.5, 0.6) is 0 Å². The lowest BCUT2D eigenvalue weighted by molar-refractivity contribution is 0.0287. The number of piperidine rings is 1. The third-order valence-corrected chi connectivity index (χ3v) is 4.86. The van der Waals surface area contributed by atoms with Crippen molar-refractivity contribution in [3.05, 3.63) is 0 Å². The average Bonchev–Trinajstić information content (AvgIpc) is 2.36. The largest absolute Gasteiger partial charge is 0.395 e. The van der Waals surface area contributed by atoms with Crippen molar-refractivity contribution in [2.45, 2.75) is 51.2 Å². The van der Waals surface area contributed by atoms with Crippen molar-refractivity contribution in [1.29, 1.82) is 0 Å². The molecule has 3 unspecified atom stereocenters. The highest BCUT2D eigenvalue weighted by atomic mass is 16.3. The van der Waals surface area contributed by atoms with E-state index in [1.165, 1.54) is 19.3 Å². The molecule has 1 saturated heterocycles. The molecule has 4 nitrogen and oxygen atoms in total. The number of rotatable bonds is 7. The van der Waals surface area contributed by atoms with Gasteiger partial charge in [-0.2, -0.15) is 0 Å². The molecule has 0 aromatic carbocycles. The molecule has 1 aliphatic heterocycles. The molecule has 2 fully saturated rings. The summed E-state index contributed by atoms with van der Waals surface area (Å²) in [6.45, 7) is 6.06. The Morgan fingerprint density at radius 2 is 2.11 bits per heavy atom. The summed E-state index contributed by atoms with van der Waals surface area (Å²) in [5.74, 6) is 1.23. The molecule has 3 N–H and O–H groups in total. The van der Waals surface area contributed by atoms with Crippen molar-refractivity contribution >= 4 is 0 Å². The molecular weight excluding hydrogens is 240 g/mol. The van der Waals surface area contributed by atoms with Gasteiger partial charge in [0.15, 0.2) is 0 Å². The van der Waals surface area contributed by atoms with Crippen LogP contribution >= 0.6 is 0 Å². The first-order chi connectivity index (χ1) is 9.22. The smallest absolute Gasteiger partial charge is 0.0578 e. The highest BCUT2D eigenvalue weighted by Gasteiger charge is 2.31. The molecule has 0 bridgehead atoms. The van der Waals surface area contributed by atoms with Crippen LogP contribution in [-0.2, 0) is 0 Å². The van der Waals surface area contributed by atoms with Crippen molar-refractivity contribution in [2.24, 2.45) is 11.8 Å². The first kappa shape index (κ1) is 15.2. The predicted octanol–water partition coefficient (Wildman–Crippen LogP) is 0.830. The molecule has 19 heavy (non-hydrogen) atoms. The number of hydrogen-bond donors (Lipinski definition) is 3. The molecule has 0 amide bonds. The Hall–Kier alpha value is -0.160. The minimum atomic E-state index is -0.200. The van der Waals surface area contributed by atoms with Crippen LogP contribution < -0.4 is 5.32 Å². The summed E-state index contributed by atoms with van der Waals surface area (Å²) in [5.41, 5.74) is 0. The van der Waals surface area contributed by atoms with Gasteiger partial charge >= 0.3 is 0 Å². The second kappa shape index (κ2) is 7.58. The Bertz CT molecular complexity index is 259. The van der Waals surface area contributed by atoms with Gasteiger partial charge in [-0.1, -0.05) is 13.3 Å². The fraction of sp³-hybridized carbons (Fsp3) is 1.00. The van der Waals surface area contributed by atoms with Crippen LogP contribution in [0.3, 0.4) is 0 Å². The average molecular weight is 270 g/mol. The minimum Gasteiger partial charge on any atom is -0.395 e. The van der Waals surface area contributed by atoms with Crippen LogP contribution in [0.25, 0.3) is 0 Å². The lowest BCUT2D eigenvalue weighted by atomic mass is 9.84. The molecule has 112 valence electrons. The van der Waals surface area contributed by atoms with E-state index in [0.717, 1.165) is 44.9 Å². The van der Waals surface area contributed by atoms with E-state index in [2.05, 4.69) is 10.2 Å². The Morgan fingerprint density at radius 3 is 2.68 bits per heavy atom. The number of nitrogens with zero attached hydrogens (tertiary/aromatic N) is 1. The van der Waals surface area contributed by atoms with Crippen LogP contribution in [0.15, 0.2) is 0 Å². The van der Waals surface area contributed by atoms with Crippen molar-refractivity contribution in [1.82, 2.24) is 10.2 Å². The van der Waals surface area contributed by atoms with Gasteiger partial charge in [0.05, 0.1) is 12.7 Å². The number of nitrogens with one attached hydrogen (secondary N) is 1. The second-order valence-corrected chi connectivity index (χ2v) is 6.36. The standard InChI is InChI=1S/C15H30N2O2/c1-2-15(19)13-8-14(11-17(10-13)6-7-18)16-9-12-4-3-5-12/h12-16,18-19H,2-11H2,1H3. The Kier molecular flexibility index (Phi) is 6.07. The maximum atomic E-state index is 10.1. The molecular formula is C15H30N2O2. The summed E-state index contributed by atoms with van der Waals surface area (Å²) < 4.78 is 0. The van der Waals surface area contributed by atoms with E-state index in [1.54, 1.807) is 0 Å². The lowest BCUT2D eigenvalue weighted by Crippen LogP contribution is -2.53. The SMILES string of the molecule is CCC(O)C1CC(NCC2CCC2)CN(CCO)C1. The van der Waals surface area contributed by atoms with Gasteiger partial charge in [-0.25, -0.2) is 0 Å². The molecule has 2 aliphatic rings. The number of hydrogen-bond acceptors (Lipinski definition) is 4. The Morgan fingerprint density at radius 1 is 1.32 bits per heavy atom. The first-order valence-corrected chi connectivity index (χ1v) is 7.97. The lowest BCUT2D eigenvalue weighted by Gasteiger charge is -2.40. The van der Waals surface area contributed by atoms with Gasteiger partial charge in [-0.05, 0) is 44.1 Å². The van der Waals surface area contributed by atoms with Crippen molar-refractivity contribution in [3.8, 4) is 0 Å². The maximum absolute atomic E-state index is 10.1. The summed E-state index contributed by atoms with van der Waals surface area (Å²) in [5, 5.41) is 22.9. The summed E-state index contributed by atoms with van der Waals surface area (Å²) in [6.07, 6.45) is 5.85. The Labute approximate surface area is 117 Å². The van der Waals surface area contributed by atoms with Gasteiger partial charge in [0.25, 0.3) is 0 Å². The third kappa shape index (κ3) is 4.42. The molecule has 0 radical (unpaired) electrons. The maximum Gasteiger partial charge on any atom is 0.0578 e. The van der Waals surface area contributed by atoms with Crippen molar-refractivity contribution in [2.75, 3.05) is 32.8 Å². The monoisotopic (exact) mass is 270 g/mol. The summed E-state index contributed by atoms with van der Waals surface area (Å²) in [4.78, 5) is 2.30. The van der Waals surface area contributed by atoms with Crippen molar-refractivity contribution in [3.63, 3.8) is 0 Å². The zero-order chi connectivity index (χ0) is 13.7. The highest BCUT2D eigenvalue weighted by molar-refractivity contribution is 4.87. The van der Waals surface area contributed by atoms with E-state index in [1.807, 2.05) is 6.92 Å². The molecule has 1 heterocycles. The van der Waals surface area contributed by atoms with Crippen LogP contribution in [0.1, 0.15) is 39.0 Å². The number of likely N-dealkylation sites (tertiary alicyclic amines) is 1. The topological polar surface area (TPSA) is 55.7 Å². The molecule has 4 heteroatoms. The fourth-order valence-corrected chi connectivity index (χ4v) is 3.35. The van der Waals surface area contributed by atoms with Crippen LogP contribution in [0.4, 0.5) is 0 Å². The molecule has 0 aromatic rings. The van der Waals surface area contributed by atoms with E-state index in [-0.39, 0.29) is 12.7 Å². The van der Waals surface area contributed by atoms with E-state index in [0.29, 0.717) is 12.0 Å². The normalized spacial score (nSPS) is 31.1. The van der Waals surface area contributed by atoms with Crippen molar-refractivity contribution < 1.29 is 10.2 Å². The van der Waals surface area contributed by atoms with E-state index in [9.17, 15) is 5.11 Å². The molecule has 0 spiro atoms. The van der Waals surface area contributed by atoms with Gasteiger partial charge in [0, 0.05) is 25.7 Å². The van der Waals surface area contributed by atoms with Gasteiger partial charge in [0.1, 0.15) is 0 Å². The number of aliphatic hydroxyl groups excluding tert-OH is 2. The summed E-state index contributed by atoms with van der Waals surface area (Å²) in [7, 11) is 0. The third-order valence-electron chi connectivity index (χ3n) is 4.86. The first-order valence-electron chi connectivity index (χ1n) is 7.97. The fourth-order valence-electron chi connectivity index (χ4n) is 3.35. The van der Waals surface area contributed by atoms with Gasteiger partial charge in [0.2, 0.25) is 0 Å². The summed E-state index contributed by atoms with van der Waals surface area (Å²) >= 11 is 0. The van der Waals surface area contributed by atoms with E-state index in [4.69, 9.17) is 5.11 Å². The molecule has 2 rings (SSSR count). The second-order valence-electron chi connectivity index (χ2n) is 6.36. The van der Waals surface area contributed by atoms with Crippen LogP contribution in [-0.4, -0.2) is 60.0 Å². The number of β-amino-alcohol motifs (C(OH)–C–C–N with tert-alkyl or cyclic N) is 1. The van der Waals surface area contributed by atoms with Crippen LogP contribution in [0, 0.1) is 11.8 Å². The van der Waals surface area contributed by atoms with E-state index < -0.39 is 0 Å². The minimum absolute atomic E-state index is 0.200. The Balaban J connectivity index is 1.81. The summed E-state index contributed by atoms with van der Waals surface area (Å²) in [6, 6.07) is 0.479.